The number of carbonyl (C=O) groups is 4. The molecule has 1 aliphatic heterocycles. The van der Waals surface area contributed by atoms with Crippen molar-refractivity contribution in [3.8, 4) is 6.07 Å². The van der Waals surface area contributed by atoms with E-state index in [9.17, 15) is 24.4 Å². The van der Waals surface area contributed by atoms with Crippen LogP contribution in [0.4, 0.5) is 5.69 Å². The molecule has 0 aromatic heterocycles. The molecule has 0 unspecified atom stereocenters. The zero-order valence-electron chi connectivity index (χ0n) is 19.3. The largest absolute Gasteiger partial charge is 0.468 e. The predicted octanol–water partition coefficient (Wildman–Crippen LogP) is 2.89. The first-order valence-electron chi connectivity index (χ1n) is 10.5. The lowest BCUT2D eigenvalue weighted by Gasteiger charge is -2.31. The summed E-state index contributed by atoms with van der Waals surface area (Å²) in [7, 11) is 2.41. The van der Waals surface area contributed by atoms with Crippen LogP contribution in [-0.4, -0.2) is 43.7 Å². The SMILES string of the molecule is COC(=O)c1ccc([C@@H]2C(C#N)=C(SCC(=O)Nc3ccccc3C)NC(=O)[C@H]2C(=O)OC)cc1. The fourth-order valence-electron chi connectivity index (χ4n) is 3.66. The molecule has 180 valence electrons. The van der Waals surface area contributed by atoms with Gasteiger partial charge in [-0.15, -0.1) is 0 Å². The van der Waals surface area contributed by atoms with Gasteiger partial charge in [-0.25, -0.2) is 4.79 Å². The minimum absolute atomic E-state index is 0.0774. The lowest BCUT2D eigenvalue weighted by atomic mass is 9.78. The van der Waals surface area contributed by atoms with Gasteiger partial charge in [-0.3, -0.25) is 14.4 Å². The Labute approximate surface area is 206 Å². The Morgan fingerprint density at radius 1 is 1.09 bits per heavy atom. The number of amides is 2. The summed E-state index contributed by atoms with van der Waals surface area (Å²) in [6, 6.07) is 15.4. The Morgan fingerprint density at radius 2 is 1.77 bits per heavy atom. The molecule has 3 rings (SSSR count). The number of methoxy groups -OCH3 is 2. The molecule has 2 aromatic rings. The van der Waals surface area contributed by atoms with E-state index < -0.39 is 29.7 Å². The Morgan fingerprint density at radius 3 is 2.37 bits per heavy atom. The molecule has 0 saturated carbocycles. The molecule has 0 spiro atoms. The van der Waals surface area contributed by atoms with Crippen molar-refractivity contribution >= 4 is 41.2 Å². The van der Waals surface area contributed by atoms with Crippen LogP contribution in [0.25, 0.3) is 0 Å². The molecule has 2 N–H and O–H groups in total. The summed E-state index contributed by atoms with van der Waals surface area (Å²) in [5, 5.41) is 15.5. The molecule has 10 heteroatoms. The number of anilines is 1. The fourth-order valence-corrected chi connectivity index (χ4v) is 4.51. The molecule has 0 fully saturated rings. The minimum atomic E-state index is -1.32. The van der Waals surface area contributed by atoms with Gasteiger partial charge in [0.05, 0.1) is 42.2 Å². The molecular weight excluding hydrogens is 470 g/mol. The van der Waals surface area contributed by atoms with Gasteiger partial charge in [0.2, 0.25) is 11.8 Å². The first kappa shape index (κ1) is 25.5. The van der Waals surface area contributed by atoms with Crippen LogP contribution >= 0.6 is 11.8 Å². The third kappa shape index (κ3) is 5.70. The summed E-state index contributed by atoms with van der Waals surface area (Å²) in [6.07, 6.45) is 0. The first-order chi connectivity index (χ1) is 16.8. The highest BCUT2D eigenvalue weighted by atomic mass is 32.2. The van der Waals surface area contributed by atoms with Crippen LogP contribution < -0.4 is 10.6 Å². The molecule has 1 heterocycles. The third-order valence-electron chi connectivity index (χ3n) is 5.44. The zero-order valence-corrected chi connectivity index (χ0v) is 20.1. The number of hydrogen-bond donors (Lipinski definition) is 2. The lowest BCUT2D eigenvalue weighted by molar-refractivity contribution is -0.150. The van der Waals surface area contributed by atoms with E-state index in [1.807, 2.05) is 19.1 Å². The van der Waals surface area contributed by atoms with Gasteiger partial charge in [0.15, 0.2) is 0 Å². The Bertz CT molecular complexity index is 1230. The number of hydrogen-bond acceptors (Lipinski definition) is 8. The van der Waals surface area contributed by atoms with Crippen LogP contribution in [0, 0.1) is 24.2 Å². The van der Waals surface area contributed by atoms with E-state index in [2.05, 4.69) is 16.7 Å². The summed E-state index contributed by atoms with van der Waals surface area (Å²) in [4.78, 5) is 49.7. The maximum atomic E-state index is 12.9. The van der Waals surface area contributed by atoms with Crippen LogP contribution in [-0.2, 0) is 23.9 Å². The number of benzene rings is 2. The molecule has 35 heavy (non-hydrogen) atoms. The molecule has 2 atom stereocenters. The van der Waals surface area contributed by atoms with Gasteiger partial charge in [-0.2, -0.15) is 5.26 Å². The first-order valence-corrected chi connectivity index (χ1v) is 11.5. The standard InChI is InChI=1S/C25H23N3O6S/c1-14-6-4-5-7-18(14)27-19(29)13-35-23-17(12-26)20(21(22(30)28-23)25(32)34-3)15-8-10-16(11-9-15)24(31)33-2/h4-11,20-21H,13H2,1-3H3,(H,27,29)(H,28,30)/t20-,21+/m1/s1. The number of esters is 2. The number of nitrogens with one attached hydrogen (secondary N) is 2. The van der Waals surface area contributed by atoms with E-state index in [0.29, 0.717) is 11.3 Å². The van der Waals surface area contributed by atoms with Crippen molar-refractivity contribution in [3.05, 3.63) is 75.8 Å². The summed E-state index contributed by atoms with van der Waals surface area (Å²) < 4.78 is 9.52. The third-order valence-corrected chi connectivity index (χ3v) is 6.46. The topological polar surface area (TPSA) is 135 Å². The number of para-hydroxylation sites is 1. The molecular formula is C25H23N3O6S. The highest BCUT2D eigenvalue weighted by molar-refractivity contribution is 8.03. The molecule has 0 aliphatic carbocycles. The van der Waals surface area contributed by atoms with Crippen LogP contribution in [0.3, 0.4) is 0 Å². The number of thioether (sulfide) groups is 1. The van der Waals surface area contributed by atoms with Gasteiger partial charge in [-0.05, 0) is 36.2 Å². The van der Waals surface area contributed by atoms with Crippen molar-refractivity contribution in [3.63, 3.8) is 0 Å². The van der Waals surface area contributed by atoms with Crippen molar-refractivity contribution in [2.45, 2.75) is 12.8 Å². The second kappa shape index (κ2) is 11.4. The molecule has 2 amide bonds. The fraction of sp³-hybridized carbons (Fsp3) is 0.240. The normalized spacial score (nSPS) is 17.1. The van der Waals surface area contributed by atoms with E-state index in [4.69, 9.17) is 9.47 Å². The van der Waals surface area contributed by atoms with Crippen molar-refractivity contribution in [1.82, 2.24) is 5.32 Å². The van der Waals surface area contributed by atoms with Gasteiger partial charge in [0, 0.05) is 11.6 Å². The summed E-state index contributed by atoms with van der Waals surface area (Å²) in [5.41, 5.74) is 2.40. The number of rotatable bonds is 7. The second-order valence-corrected chi connectivity index (χ2v) is 8.57. The molecule has 9 nitrogen and oxygen atoms in total. The van der Waals surface area contributed by atoms with E-state index in [-0.39, 0.29) is 27.8 Å². The summed E-state index contributed by atoms with van der Waals surface area (Å²) in [5.74, 6) is -4.68. The maximum absolute atomic E-state index is 12.9. The molecule has 1 aliphatic rings. The van der Waals surface area contributed by atoms with E-state index in [1.165, 1.54) is 19.2 Å². The number of carbonyl (C=O) groups excluding carboxylic acids is 4. The minimum Gasteiger partial charge on any atom is -0.468 e. The highest BCUT2D eigenvalue weighted by Crippen LogP contribution is 2.40. The van der Waals surface area contributed by atoms with E-state index >= 15 is 0 Å². The van der Waals surface area contributed by atoms with Crippen molar-refractivity contribution < 1.29 is 28.7 Å². The second-order valence-electron chi connectivity index (χ2n) is 7.59. The number of ether oxygens (including phenoxy) is 2. The van der Waals surface area contributed by atoms with E-state index in [1.54, 1.807) is 24.3 Å². The molecule has 2 aromatic carbocycles. The molecule has 0 bridgehead atoms. The van der Waals surface area contributed by atoms with E-state index in [0.717, 1.165) is 24.4 Å². The van der Waals surface area contributed by atoms with Crippen molar-refractivity contribution in [2.75, 3.05) is 25.3 Å². The number of nitrogens with zero attached hydrogens (tertiary/aromatic N) is 1. The van der Waals surface area contributed by atoms with Crippen molar-refractivity contribution in [2.24, 2.45) is 5.92 Å². The van der Waals surface area contributed by atoms with Gasteiger partial charge < -0.3 is 20.1 Å². The van der Waals surface area contributed by atoms with Crippen LogP contribution in [0.2, 0.25) is 0 Å². The maximum Gasteiger partial charge on any atom is 0.337 e. The van der Waals surface area contributed by atoms with Crippen molar-refractivity contribution in [1.29, 1.82) is 5.26 Å². The van der Waals surface area contributed by atoms with Gasteiger partial charge in [-0.1, -0.05) is 42.1 Å². The van der Waals surface area contributed by atoms with Crippen LogP contribution in [0.1, 0.15) is 27.4 Å². The monoisotopic (exact) mass is 493 g/mol. The Balaban J connectivity index is 1.92. The molecule has 0 saturated heterocycles. The number of allylic oxidation sites excluding steroid dienone is 1. The average Bonchev–Trinajstić information content (AvgIpc) is 2.87. The number of nitriles is 1. The number of aryl methyl sites for hydroxylation is 1. The van der Waals surface area contributed by atoms with Crippen LogP contribution in [0.15, 0.2) is 59.1 Å². The Hall–Kier alpha value is -4.10. The average molecular weight is 494 g/mol. The van der Waals surface area contributed by atoms with Gasteiger partial charge >= 0.3 is 11.9 Å². The predicted molar refractivity (Wildman–Crippen MR) is 129 cm³/mol. The summed E-state index contributed by atoms with van der Waals surface area (Å²) >= 11 is 0.985. The van der Waals surface area contributed by atoms with Gasteiger partial charge in [0.25, 0.3) is 0 Å². The zero-order chi connectivity index (χ0) is 25.5. The summed E-state index contributed by atoms with van der Waals surface area (Å²) in [6.45, 7) is 1.86. The van der Waals surface area contributed by atoms with Crippen LogP contribution in [0.5, 0.6) is 0 Å². The molecule has 0 radical (unpaired) electrons. The quantitative estimate of drug-likeness (QED) is 0.444. The highest BCUT2D eigenvalue weighted by Gasteiger charge is 2.44. The smallest absolute Gasteiger partial charge is 0.337 e. The lowest BCUT2D eigenvalue weighted by Crippen LogP contribution is -2.44. The Kier molecular flexibility index (Phi) is 8.28. The van der Waals surface area contributed by atoms with Gasteiger partial charge in [0.1, 0.15) is 5.92 Å².